The number of rotatable bonds is 6. The van der Waals surface area contributed by atoms with E-state index < -0.39 is 0 Å². The minimum absolute atomic E-state index is 0.768. The monoisotopic (exact) mass is 295 g/mol. The van der Waals surface area contributed by atoms with Crippen LogP contribution in [0, 0.1) is 11.8 Å². The van der Waals surface area contributed by atoms with Crippen molar-refractivity contribution in [1.82, 2.24) is 4.98 Å². The van der Waals surface area contributed by atoms with Crippen molar-refractivity contribution < 1.29 is 9.47 Å². The molecule has 1 aromatic heterocycles. The Kier molecular flexibility index (Phi) is 6.02. The van der Waals surface area contributed by atoms with Crippen molar-refractivity contribution in [2.24, 2.45) is 11.8 Å². The first-order chi connectivity index (χ1) is 9.74. The van der Waals surface area contributed by atoms with Gasteiger partial charge in [-0.15, -0.1) is 0 Å². The average Bonchev–Trinajstić information content (AvgIpc) is 2.47. The lowest BCUT2D eigenvalue weighted by Gasteiger charge is -2.26. The average molecular weight is 295 g/mol. The maximum absolute atomic E-state index is 5.43. The molecule has 1 aromatic rings. The normalized spacial score (nSPS) is 22.6. The summed E-state index contributed by atoms with van der Waals surface area (Å²) in [7, 11) is 3.34. The standard InChI is InChI=1S/C16H25NO2S/c1-12-5-4-6-13(9-12)10-20-11-14-16(19-3)15(18-2)7-8-17-14/h7-8,12-13H,4-6,9-11H2,1-3H3. The second-order valence-electron chi connectivity index (χ2n) is 5.65. The number of hydrogen-bond donors (Lipinski definition) is 0. The zero-order valence-corrected chi connectivity index (χ0v) is 13.5. The second-order valence-corrected chi connectivity index (χ2v) is 6.68. The molecule has 1 fully saturated rings. The first-order valence-electron chi connectivity index (χ1n) is 7.38. The maximum Gasteiger partial charge on any atom is 0.183 e. The molecule has 1 aliphatic rings. The smallest absolute Gasteiger partial charge is 0.183 e. The van der Waals surface area contributed by atoms with Gasteiger partial charge in [0.05, 0.1) is 19.9 Å². The predicted molar refractivity (Wildman–Crippen MR) is 84.6 cm³/mol. The molecule has 0 saturated heterocycles. The summed E-state index contributed by atoms with van der Waals surface area (Å²) in [6, 6.07) is 1.84. The SMILES string of the molecule is COc1ccnc(CSCC2CCCC(C)C2)c1OC. The van der Waals surface area contributed by atoms with Crippen LogP contribution in [0.25, 0.3) is 0 Å². The molecule has 4 heteroatoms. The topological polar surface area (TPSA) is 31.4 Å². The van der Waals surface area contributed by atoms with E-state index in [-0.39, 0.29) is 0 Å². The summed E-state index contributed by atoms with van der Waals surface area (Å²) in [5.41, 5.74) is 0.987. The van der Waals surface area contributed by atoms with Gasteiger partial charge in [0.2, 0.25) is 0 Å². The van der Waals surface area contributed by atoms with Crippen molar-refractivity contribution in [2.75, 3.05) is 20.0 Å². The van der Waals surface area contributed by atoms with Gasteiger partial charge in [0.15, 0.2) is 11.5 Å². The Balaban J connectivity index is 1.87. The molecular weight excluding hydrogens is 270 g/mol. The molecule has 2 rings (SSSR count). The van der Waals surface area contributed by atoms with Crippen molar-refractivity contribution in [3.63, 3.8) is 0 Å². The van der Waals surface area contributed by atoms with E-state index in [1.807, 2.05) is 17.8 Å². The number of pyridine rings is 1. The summed E-state index contributed by atoms with van der Waals surface area (Å²) in [4.78, 5) is 4.43. The van der Waals surface area contributed by atoms with E-state index in [1.54, 1.807) is 20.4 Å². The van der Waals surface area contributed by atoms with E-state index in [0.29, 0.717) is 0 Å². The molecule has 1 saturated carbocycles. The van der Waals surface area contributed by atoms with Gasteiger partial charge in [-0.3, -0.25) is 4.98 Å². The molecular formula is C16H25NO2S. The first kappa shape index (κ1) is 15.5. The van der Waals surface area contributed by atoms with Gasteiger partial charge < -0.3 is 9.47 Å². The van der Waals surface area contributed by atoms with Gasteiger partial charge >= 0.3 is 0 Å². The lowest BCUT2D eigenvalue weighted by molar-refractivity contribution is 0.305. The third-order valence-electron chi connectivity index (χ3n) is 4.00. The van der Waals surface area contributed by atoms with Gasteiger partial charge in [-0.05, 0) is 30.4 Å². The van der Waals surface area contributed by atoms with Gasteiger partial charge in [0.25, 0.3) is 0 Å². The van der Waals surface area contributed by atoms with Crippen LogP contribution in [0.2, 0.25) is 0 Å². The van der Waals surface area contributed by atoms with Gasteiger partial charge in [-0.1, -0.05) is 19.8 Å². The highest BCUT2D eigenvalue weighted by Gasteiger charge is 2.19. The number of thioether (sulfide) groups is 1. The number of methoxy groups -OCH3 is 2. The van der Waals surface area contributed by atoms with Gasteiger partial charge in [-0.25, -0.2) is 0 Å². The number of aromatic nitrogens is 1. The summed E-state index contributed by atoms with van der Waals surface area (Å²) >= 11 is 1.97. The molecule has 0 radical (unpaired) electrons. The molecule has 112 valence electrons. The fraction of sp³-hybridized carbons (Fsp3) is 0.688. The third kappa shape index (κ3) is 4.05. The molecule has 0 aromatic carbocycles. The molecule has 3 nitrogen and oxygen atoms in total. The summed E-state index contributed by atoms with van der Waals surface area (Å²) in [5, 5.41) is 0. The fourth-order valence-electron chi connectivity index (χ4n) is 2.99. The van der Waals surface area contributed by atoms with E-state index in [2.05, 4.69) is 11.9 Å². The lowest BCUT2D eigenvalue weighted by atomic mass is 9.83. The highest BCUT2D eigenvalue weighted by Crippen LogP contribution is 2.34. The van der Waals surface area contributed by atoms with Crippen molar-refractivity contribution >= 4 is 11.8 Å². The number of hydrogen-bond acceptors (Lipinski definition) is 4. The number of nitrogens with zero attached hydrogens (tertiary/aromatic N) is 1. The van der Waals surface area contributed by atoms with Crippen molar-refractivity contribution in [3.05, 3.63) is 18.0 Å². The Morgan fingerprint density at radius 1 is 1.30 bits per heavy atom. The maximum atomic E-state index is 5.43. The number of ether oxygens (including phenoxy) is 2. The summed E-state index contributed by atoms with van der Waals surface area (Å²) in [6.07, 6.45) is 7.37. The van der Waals surface area contributed by atoms with Gasteiger partial charge in [-0.2, -0.15) is 11.8 Å². The van der Waals surface area contributed by atoms with Crippen LogP contribution in [0.15, 0.2) is 12.3 Å². The van der Waals surface area contributed by atoms with Crippen molar-refractivity contribution in [2.45, 2.75) is 38.4 Å². The van der Waals surface area contributed by atoms with Gasteiger partial charge in [0.1, 0.15) is 0 Å². The van der Waals surface area contributed by atoms with E-state index in [4.69, 9.17) is 9.47 Å². The van der Waals surface area contributed by atoms with Crippen LogP contribution in [-0.4, -0.2) is 25.0 Å². The van der Waals surface area contributed by atoms with E-state index >= 15 is 0 Å². The molecule has 0 spiro atoms. The Hall–Kier alpha value is -0.900. The first-order valence-corrected chi connectivity index (χ1v) is 8.53. The summed E-state index contributed by atoms with van der Waals surface area (Å²) in [5.74, 6) is 5.44. The molecule has 0 N–H and O–H groups in total. The molecule has 1 aliphatic carbocycles. The largest absolute Gasteiger partial charge is 0.493 e. The molecule has 2 atom stereocenters. The van der Waals surface area contributed by atoms with Crippen LogP contribution in [0.5, 0.6) is 11.5 Å². The minimum Gasteiger partial charge on any atom is -0.493 e. The fourth-order valence-corrected chi connectivity index (χ4v) is 4.14. The van der Waals surface area contributed by atoms with Crippen LogP contribution in [0.4, 0.5) is 0 Å². The third-order valence-corrected chi connectivity index (χ3v) is 5.19. The zero-order valence-electron chi connectivity index (χ0n) is 12.7. The Morgan fingerprint density at radius 2 is 2.15 bits per heavy atom. The second kappa shape index (κ2) is 7.77. The van der Waals surface area contributed by atoms with Crippen LogP contribution >= 0.6 is 11.8 Å². The van der Waals surface area contributed by atoms with Crippen LogP contribution in [-0.2, 0) is 5.75 Å². The van der Waals surface area contributed by atoms with Crippen LogP contribution in [0.3, 0.4) is 0 Å². The zero-order chi connectivity index (χ0) is 14.4. The van der Waals surface area contributed by atoms with Crippen molar-refractivity contribution in [3.8, 4) is 11.5 Å². The Labute approximate surface area is 126 Å². The van der Waals surface area contributed by atoms with E-state index in [0.717, 1.165) is 34.8 Å². The quantitative estimate of drug-likeness (QED) is 0.788. The predicted octanol–water partition coefficient (Wildman–Crippen LogP) is 4.16. The van der Waals surface area contributed by atoms with Crippen LogP contribution in [0.1, 0.15) is 38.3 Å². The Morgan fingerprint density at radius 3 is 2.85 bits per heavy atom. The van der Waals surface area contributed by atoms with Crippen molar-refractivity contribution in [1.29, 1.82) is 0 Å². The molecule has 1 heterocycles. The highest BCUT2D eigenvalue weighted by molar-refractivity contribution is 7.98. The Bertz CT molecular complexity index is 425. The molecule has 0 amide bonds. The molecule has 2 unspecified atom stereocenters. The van der Waals surface area contributed by atoms with E-state index in [9.17, 15) is 0 Å². The summed E-state index contributed by atoms with van der Waals surface area (Å²) < 4.78 is 10.7. The molecule has 0 bridgehead atoms. The van der Waals surface area contributed by atoms with Gasteiger partial charge in [0, 0.05) is 18.0 Å². The lowest BCUT2D eigenvalue weighted by Crippen LogP contribution is -2.15. The molecule has 0 aliphatic heterocycles. The molecule has 20 heavy (non-hydrogen) atoms. The highest BCUT2D eigenvalue weighted by atomic mass is 32.2. The van der Waals surface area contributed by atoms with E-state index in [1.165, 1.54) is 31.4 Å². The summed E-state index contributed by atoms with van der Waals surface area (Å²) in [6.45, 7) is 2.38. The minimum atomic E-state index is 0.768. The van der Waals surface area contributed by atoms with Crippen LogP contribution < -0.4 is 9.47 Å².